The first-order valence-corrected chi connectivity index (χ1v) is 15.4. The van der Waals surface area contributed by atoms with Crippen LogP contribution in [0.5, 0.6) is 0 Å². The van der Waals surface area contributed by atoms with E-state index in [1.165, 1.54) is 12.7 Å². The number of unbranched alkanes of at least 4 members (excludes halogenated alkanes) is 2. The standard InChI is InChI=1S/C8H12N4O3.C8H17N3O3.C6H9N3O2.C6H14N2O2/c9-2-7(13)12-6(8(14)15)1-5-3-10-4-11-5;9-4-2-1-3-6(8(13)14)11-7(12)5-10;7-5(6(10)11)1-4-2-8-3-9-4;7-4-2-1-3-5(8)6(9)10/h3-4,6H,1-2,9H2,(H,10,11)(H,12,13)(H,14,15);6H,1-5,9-10H2,(H,11,12)(H,13,14);2-3,5H,1,7H2,(H,8,9)(H,10,11);5H,1-4,7-8H2,(H,9,10)/t2*6-;2*5-/m0000/s1. The number of imidazole rings is 2. The van der Waals surface area contributed by atoms with Gasteiger partial charge in [-0.2, -0.15) is 0 Å². The van der Waals surface area contributed by atoms with E-state index in [-0.39, 0.29) is 25.9 Å². The highest BCUT2D eigenvalue weighted by Crippen LogP contribution is 2.01. The number of carboxylic acid groups (broad SMARTS) is 4. The maximum absolute atomic E-state index is 10.9. The van der Waals surface area contributed by atoms with Gasteiger partial charge in [0.25, 0.3) is 0 Å². The molecule has 0 bridgehead atoms. The number of hydrogen-bond donors (Lipinski definition) is 14. The van der Waals surface area contributed by atoms with Crippen LogP contribution in [0.3, 0.4) is 0 Å². The first kappa shape index (κ1) is 47.1. The van der Waals surface area contributed by atoms with Crippen molar-refractivity contribution in [1.82, 2.24) is 30.6 Å². The maximum Gasteiger partial charge on any atom is 0.326 e. The number of rotatable bonds is 20. The Morgan fingerprint density at radius 1 is 0.600 bits per heavy atom. The molecule has 0 aliphatic heterocycles. The predicted octanol–water partition coefficient (Wildman–Crippen LogP) is -3.98. The number of nitrogens with one attached hydrogen (secondary N) is 4. The number of nitrogens with zero attached hydrogens (tertiary/aromatic N) is 2. The number of aliphatic carboxylic acids is 4. The minimum Gasteiger partial charge on any atom is -0.480 e. The van der Waals surface area contributed by atoms with E-state index in [4.69, 9.17) is 54.8 Å². The Labute approximate surface area is 288 Å². The van der Waals surface area contributed by atoms with Crippen molar-refractivity contribution in [2.75, 3.05) is 26.2 Å². The summed E-state index contributed by atoms with van der Waals surface area (Å²) in [6.07, 6.45) is 10.5. The largest absolute Gasteiger partial charge is 0.480 e. The zero-order valence-corrected chi connectivity index (χ0v) is 27.7. The number of carbonyl (C=O) groups excluding carboxylic acids is 2. The number of nitrogens with two attached hydrogens (primary N) is 6. The van der Waals surface area contributed by atoms with Gasteiger partial charge in [-0.25, -0.2) is 19.6 Å². The molecule has 2 aromatic heterocycles. The van der Waals surface area contributed by atoms with E-state index in [1.54, 1.807) is 12.4 Å². The lowest BCUT2D eigenvalue weighted by Gasteiger charge is -2.13. The van der Waals surface area contributed by atoms with E-state index in [0.717, 1.165) is 19.3 Å². The summed E-state index contributed by atoms with van der Waals surface area (Å²) >= 11 is 0. The SMILES string of the molecule is NCC(=O)N[C@@H](Cc1c[nH]cn1)C(=O)O.NCCCC[C@H](N)C(=O)O.NCCCC[C@H](NC(=O)CN)C(=O)O.N[C@@H](Cc1c[nH]cn1)C(=O)O. The number of carboxylic acids is 4. The molecule has 0 saturated heterocycles. The van der Waals surface area contributed by atoms with Gasteiger partial charge in [-0.05, 0) is 45.2 Å². The second-order valence-electron chi connectivity index (χ2n) is 10.3. The Kier molecular flexibility index (Phi) is 27.3. The second kappa shape index (κ2) is 29.0. The van der Waals surface area contributed by atoms with Gasteiger partial charge in [0.15, 0.2) is 0 Å². The van der Waals surface area contributed by atoms with Crippen molar-refractivity contribution >= 4 is 35.7 Å². The minimum absolute atomic E-state index is 0.130. The summed E-state index contributed by atoms with van der Waals surface area (Å²) in [5.74, 6) is -5.04. The molecular weight excluding hydrogens is 664 g/mol. The fourth-order valence-corrected chi connectivity index (χ4v) is 3.42. The molecule has 0 spiro atoms. The molecule has 0 aromatic carbocycles. The van der Waals surface area contributed by atoms with Crippen molar-refractivity contribution in [3.63, 3.8) is 0 Å². The van der Waals surface area contributed by atoms with E-state index >= 15 is 0 Å². The summed E-state index contributed by atoms with van der Waals surface area (Å²) in [7, 11) is 0. The van der Waals surface area contributed by atoms with Gasteiger partial charge in [0.05, 0.1) is 37.1 Å². The highest BCUT2D eigenvalue weighted by Gasteiger charge is 2.20. The monoisotopic (exact) mass is 716 g/mol. The molecule has 2 amide bonds. The van der Waals surface area contributed by atoms with Gasteiger partial charge in [-0.1, -0.05) is 6.42 Å². The zero-order valence-electron chi connectivity index (χ0n) is 27.7. The smallest absolute Gasteiger partial charge is 0.326 e. The summed E-state index contributed by atoms with van der Waals surface area (Å²) in [5, 5.41) is 38.9. The van der Waals surface area contributed by atoms with E-state index in [1.807, 2.05) is 0 Å². The number of H-pyrrole nitrogens is 2. The maximum atomic E-state index is 10.9. The van der Waals surface area contributed by atoms with Gasteiger partial charge < -0.3 is 75.4 Å². The fourth-order valence-electron chi connectivity index (χ4n) is 3.42. The Balaban J connectivity index is 0. The number of aromatic amines is 2. The molecule has 0 radical (unpaired) electrons. The van der Waals surface area contributed by atoms with Gasteiger partial charge in [0.2, 0.25) is 11.8 Å². The Morgan fingerprint density at radius 3 is 1.38 bits per heavy atom. The lowest BCUT2D eigenvalue weighted by molar-refractivity contribution is -0.142. The Hall–Kier alpha value is -5.00. The molecule has 0 aliphatic carbocycles. The number of amides is 2. The van der Waals surface area contributed by atoms with Crippen LogP contribution in [-0.2, 0) is 41.6 Å². The van der Waals surface area contributed by atoms with Gasteiger partial charge >= 0.3 is 23.9 Å². The molecule has 0 unspecified atom stereocenters. The van der Waals surface area contributed by atoms with Crippen molar-refractivity contribution in [1.29, 1.82) is 0 Å². The average molecular weight is 717 g/mol. The number of carbonyl (C=O) groups is 6. The van der Waals surface area contributed by atoms with Gasteiger partial charge in [-0.15, -0.1) is 0 Å². The fraction of sp³-hybridized carbons (Fsp3) is 0.571. The van der Waals surface area contributed by atoms with Gasteiger partial charge in [0.1, 0.15) is 24.2 Å². The molecule has 2 aromatic rings. The van der Waals surface area contributed by atoms with Crippen LogP contribution in [-0.4, -0.2) is 126 Å². The second-order valence-corrected chi connectivity index (χ2v) is 10.3. The van der Waals surface area contributed by atoms with E-state index in [0.29, 0.717) is 43.7 Å². The van der Waals surface area contributed by atoms with Gasteiger partial charge in [0, 0.05) is 25.2 Å². The molecule has 22 heteroatoms. The number of aromatic nitrogens is 4. The van der Waals surface area contributed by atoms with Crippen LogP contribution in [0.2, 0.25) is 0 Å². The molecule has 2 heterocycles. The molecule has 50 heavy (non-hydrogen) atoms. The molecule has 0 aliphatic rings. The van der Waals surface area contributed by atoms with E-state index < -0.39 is 59.9 Å². The van der Waals surface area contributed by atoms with Crippen LogP contribution < -0.4 is 45.0 Å². The molecular formula is C28H52N12O10. The molecule has 284 valence electrons. The molecule has 22 nitrogen and oxygen atoms in total. The average Bonchev–Trinajstić information content (AvgIpc) is 3.79. The van der Waals surface area contributed by atoms with Crippen molar-refractivity contribution in [2.45, 2.75) is 75.5 Å². The predicted molar refractivity (Wildman–Crippen MR) is 179 cm³/mol. The minimum atomic E-state index is -1.11. The first-order chi connectivity index (χ1) is 23.6. The Morgan fingerprint density at radius 2 is 1.02 bits per heavy atom. The molecule has 4 atom stereocenters. The van der Waals surface area contributed by atoms with Crippen molar-refractivity contribution in [2.24, 2.45) is 34.4 Å². The number of hydrogen-bond acceptors (Lipinski definition) is 14. The van der Waals surface area contributed by atoms with Crippen molar-refractivity contribution < 1.29 is 49.2 Å². The first-order valence-electron chi connectivity index (χ1n) is 15.4. The Bertz CT molecular complexity index is 1230. The van der Waals surface area contributed by atoms with Crippen LogP contribution >= 0.6 is 0 Å². The molecule has 2 rings (SSSR count). The summed E-state index contributed by atoms with van der Waals surface area (Å²) in [6.45, 7) is 0.703. The third kappa shape index (κ3) is 25.1. The third-order valence-corrected chi connectivity index (χ3v) is 6.14. The highest BCUT2D eigenvalue weighted by molar-refractivity contribution is 5.85. The lowest BCUT2D eigenvalue weighted by Crippen LogP contribution is -2.44. The topological polar surface area (TPSA) is 421 Å². The summed E-state index contributed by atoms with van der Waals surface area (Å²) in [5.41, 5.74) is 32.3. The van der Waals surface area contributed by atoms with Crippen LogP contribution in [0.1, 0.15) is 49.9 Å². The van der Waals surface area contributed by atoms with Crippen molar-refractivity contribution in [3.05, 3.63) is 36.4 Å². The van der Waals surface area contributed by atoms with Crippen LogP contribution in [0.25, 0.3) is 0 Å². The van der Waals surface area contributed by atoms with Crippen LogP contribution in [0, 0.1) is 0 Å². The highest BCUT2D eigenvalue weighted by atomic mass is 16.4. The van der Waals surface area contributed by atoms with Crippen molar-refractivity contribution in [3.8, 4) is 0 Å². The summed E-state index contributed by atoms with van der Waals surface area (Å²) in [4.78, 5) is 76.7. The quantitative estimate of drug-likeness (QED) is 0.0581. The van der Waals surface area contributed by atoms with Crippen LogP contribution in [0.15, 0.2) is 25.0 Å². The normalized spacial score (nSPS) is 12.4. The van der Waals surface area contributed by atoms with E-state index in [9.17, 15) is 28.8 Å². The summed E-state index contributed by atoms with van der Waals surface area (Å²) in [6, 6.07) is -3.42. The third-order valence-electron chi connectivity index (χ3n) is 6.14. The molecule has 0 saturated carbocycles. The molecule has 20 N–H and O–H groups in total. The van der Waals surface area contributed by atoms with Crippen LogP contribution in [0.4, 0.5) is 0 Å². The van der Waals surface area contributed by atoms with E-state index in [2.05, 4.69) is 30.6 Å². The zero-order chi connectivity index (χ0) is 38.5. The lowest BCUT2D eigenvalue weighted by atomic mass is 10.1. The summed E-state index contributed by atoms with van der Waals surface area (Å²) < 4.78 is 0. The molecule has 0 fully saturated rings. The van der Waals surface area contributed by atoms with Gasteiger partial charge in [-0.3, -0.25) is 19.2 Å².